The van der Waals surface area contributed by atoms with E-state index in [9.17, 15) is 9.00 Å². The van der Waals surface area contributed by atoms with E-state index < -0.39 is 10.8 Å². The highest BCUT2D eigenvalue weighted by molar-refractivity contribution is 7.85. The van der Waals surface area contributed by atoms with Crippen LogP contribution >= 0.6 is 0 Å². The largest absolute Gasteiger partial charge is 0.294 e. The summed E-state index contributed by atoms with van der Waals surface area (Å²) in [5.74, 6) is 0.295. The number of rotatable bonds is 13. The zero-order valence-electron chi connectivity index (χ0n) is 21.8. The van der Waals surface area contributed by atoms with Crippen molar-refractivity contribution in [3.05, 3.63) is 95.6 Å². The number of hydrogen-bond acceptors (Lipinski definition) is 2. The molecular formula is C32H42O2S. The minimum atomic E-state index is -1.06. The van der Waals surface area contributed by atoms with Gasteiger partial charge in [0.25, 0.3) is 0 Å². The third kappa shape index (κ3) is 11.6. The smallest absolute Gasteiger partial charge is 0.162 e. The maximum atomic E-state index is 12.2. The third-order valence-corrected chi connectivity index (χ3v) is 7.47. The number of unbranched alkanes of at least 4 members (excludes halogenated alkanes) is 8. The van der Waals surface area contributed by atoms with Crippen molar-refractivity contribution < 1.29 is 9.00 Å². The first kappa shape index (κ1) is 28.7. The Balaban J connectivity index is 0.000000250. The lowest BCUT2D eigenvalue weighted by molar-refractivity contribution is 0.0979. The van der Waals surface area contributed by atoms with Gasteiger partial charge in [-0.2, -0.15) is 0 Å². The molecule has 3 rings (SSSR count). The van der Waals surface area contributed by atoms with Crippen LogP contribution in [0.25, 0.3) is 0 Å². The van der Waals surface area contributed by atoms with Crippen LogP contribution < -0.4 is 0 Å². The zero-order chi connectivity index (χ0) is 25.3. The van der Waals surface area contributed by atoms with Crippen LogP contribution in [0.3, 0.4) is 0 Å². The highest BCUT2D eigenvalue weighted by atomic mass is 32.2. The number of benzene rings is 3. The molecule has 0 atom stereocenters. The van der Waals surface area contributed by atoms with Gasteiger partial charge >= 0.3 is 0 Å². The molecule has 0 bridgehead atoms. The number of Topliss-reactive ketones (excluding diaryl/α,β-unsaturated/α-hetero) is 1. The molecule has 0 spiro atoms. The maximum absolute atomic E-state index is 12.2. The molecule has 0 aromatic heterocycles. The van der Waals surface area contributed by atoms with Crippen molar-refractivity contribution in [3.8, 4) is 0 Å². The van der Waals surface area contributed by atoms with Crippen molar-refractivity contribution in [2.24, 2.45) is 0 Å². The lowest BCUT2D eigenvalue weighted by atomic mass is 10.0. The van der Waals surface area contributed by atoms with E-state index in [0.29, 0.717) is 12.2 Å². The van der Waals surface area contributed by atoms with Crippen LogP contribution in [0.15, 0.2) is 88.7 Å². The Morgan fingerprint density at radius 1 is 0.600 bits per heavy atom. The normalized spacial score (nSPS) is 10.6. The van der Waals surface area contributed by atoms with Gasteiger partial charge in [0, 0.05) is 21.8 Å². The minimum Gasteiger partial charge on any atom is -0.294 e. The van der Waals surface area contributed by atoms with E-state index in [0.717, 1.165) is 21.8 Å². The molecule has 0 heterocycles. The first-order valence-electron chi connectivity index (χ1n) is 13.1. The molecular weight excluding hydrogens is 448 g/mol. The lowest BCUT2D eigenvalue weighted by Gasteiger charge is -2.03. The lowest BCUT2D eigenvalue weighted by Crippen LogP contribution is -1.98. The summed E-state index contributed by atoms with van der Waals surface area (Å²) < 4.78 is 12.2. The molecule has 0 aliphatic rings. The van der Waals surface area contributed by atoms with E-state index in [1.54, 1.807) is 0 Å². The maximum Gasteiger partial charge on any atom is 0.162 e. The molecule has 3 aromatic rings. The number of aryl methyl sites for hydroxylation is 2. The van der Waals surface area contributed by atoms with Crippen LogP contribution in [-0.4, -0.2) is 9.99 Å². The number of hydrogen-bond donors (Lipinski definition) is 0. The van der Waals surface area contributed by atoms with Crippen molar-refractivity contribution in [3.63, 3.8) is 0 Å². The van der Waals surface area contributed by atoms with Gasteiger partial charge in [0.2, 0.25) is 0 Å². The average molecular weight is 491 g/mol. The van der Waals surface area contributed by atoms with E-state index >= 15 is 0 Å². The molecule has 0 aliphatic heterocycles. The number of carbonyl (C=O) groups excluding carboxylic acids is 1. The van der Waals surface area contributed by atoms with E-state index in [2.05, 4.69) is 6.92 Å². The van der Waals surface area contributed by atoms with Gasteiger partial charge in [-0.1, -0.05) is 124 Å². The summed E-state index contributed by atoms with van der Waals surface area (Å²) in [7, 11) is -1.06. The summed E-state index contributed by atoms with van der Waals surface area (Å²) in [5, 5.41) is 0. The Morgan fingerprint density at radius 3 is 1.49 bits per heavy atom. The Labute approximate surface area is 215 Å². The van der Waals surface area contributed by atoms with E-state index in [-0.39, 0.29) is 0 Å². The molecule has 35 heavy (non-hydrogen) atoms. The van der Waals surface area contributed by atoms with E-state index in [4.69, 9.17) is 0 Å². The molecule has 3 heteroatoms. The number of carbonyl (C=O) groups is 1. The van der Waals surface area contributed by atoms with Gasteiger partial charge < -0.3 is 0 Å². The van der Waals surface area contributed by atoms with Crippen LogP contribution in [0, 0.1) is 13.8 Å². The Kier molecular flexibility index (Phi) is 13.9. The second-order valence-corrected chi connectivity index (χ2v) is 10.7. The molecule has 0 aliphatic carbocycles. The van der Waals surface area contributed by atoms with E-state index in [1.165, 1.54) is 62.5 Å². The summed E-state index contributed by atoms with van der Waals surface area (Å²) in [6.45, 7) is 6.31. The van der Waals surface area contributed by atoms with E-state index in [1.807, 2.05) is 92.7 Å². The minimum absolute atomic E-state index is 0.295. The van der Waals surface area contributed by atoms with Crippen molar-refractivity contribution in [1.82, 2.24) is 0 Å². The van der Waals surface area contributed by atoms with Gasteiger partial charge in [-0.3, -0.25) is 4.79 Å². The fourth-order valence-electron chi connectivity index (χ4n) is 3.82. The van der Waals surface area contributed by atoms with Gasteiger partial charge in [-0.25, -0.2) is 4.21 Å². The van der Waals surface area contributed by atoms with Crippen molar-refractivity contribution in [2.45, 2.75) is 94.8 Å². The fraction of sp³-hybridized carbons (Fsp3) is 0.406. The summed E-state index contributed by atoms with van der Waals surface area (Å²) in [6, 6.07) is 25.3. The van der Waals surface area contributed by atoms with Crippen LogP contribution in [0.2, 0.25) is 0 Å². The van der Waals surface area contributed by atoms with Crippen molar-refractivity contribution in [1.29, 1.82) is 0 Å². The Bertz CT molecular complexity index is 944. The molecule has 0 N–H and O–H groups in total. The summed E-state index contributed by atoms with van der Waals surface area (Å²) >= 11 is 0. The molecule has 0 fully saturated rings. The Morgan fingerprint density at radius 2 is 1.03 bits per heavy atom. The number of ketones is 1. The van der Waals surface area contributed by atoms with Crippen LogP contribution in [-0.2, 0) is 10.8 Å². The summed E-state index contributed by atoms with van der Waals surface area (Å²) in [5.41, 5.74) is 3.23. The zero-order valence-corrected chi connectivity index (χ0v) is 22.6. The average Bonchev–Trinajstić information content (AvgIpc) is 2.89. The second kappa shape index (κ2) is 17.0. The molecule has 0 saturated heterocycles. The highest BCUT2D eigenvalue weighted by Gasteiger charge is 2.06. The fourth-order valence-corrected chi connectivity index (χ4v) is 4.86. The SMILES string of the molecule is CCCCCCCCCCCC(=O)c1ccccc1.Cc1ccc(S(=O)c2ccc(C)cc2)cc1. The van der Waals surface area contributed by atoms with Gasteiger partial charge in [-0.05, 0) is 44.5 Å². The molecule has 0 radical (unpaired) electrons. The van der Waals surface area contributed by atoms with Gasteiger partial charge in [-0.15, -0.1) is 0 Å². The van der Waals surface area contributed by atoms with Gasteiger partial charge in [0.05, 0.1) is 10.8 Å². The van der Waals surface area contributed by atoms with Gasteiger partial charge in [0.1, 0.15) is 0 Å². The molecule has 0 amide bonds. The van der Waals surface area contributed by atoms with Crippen LogP contribution in [0.4, 0.5) is 0 Å². The first-order valence-corrected chi connectivity index (χ1v) is 14.3. The van der Waals surface area contributed by atoms with Gasteiger partial charge in [0.15, 0.2) is 5.78 Å². The Hall–Kier alpha value is -2.52. The van der Waals surface area contributed by atoms with Crippen molar-refractivity contribution >= 4 is 16.6 Å². The third-order valence-electron chi connectivity index (χ3n) is 6.07. The monoisotopic (exact) mass is 490 g/mol. The molecule has 2 nitrogen and oxygen atoms in total. The van der Waals surface area contributed by atoms with Crippen LogP contribution in [0.1, 0.15) is 92.6 Å². The predicted octanol–water partition coefficient (Wildman–Crippen LogP) is 9.26. The summed E-state index contributed by atoms with van der Waals surface area (Å²) in [4.78, 5) is 13.6. The van der Waals surface area contributed by atoms with Crippen LogP contribution in [0.5, 0.6) is 0 Å². The quantitative estimate of drug-likeness (QED) is 0.177. The topological polar surface area (TPSA) is 34.1 Å². The highest BCUT2D eigenvalue weighted by Crippen LogP contribution is 2.17. The first-order chi connectivity index (χ1) is 17.0. The predicted molar refractivity (Wildman–Crippen MR) is 150 cm³/mol. The molecule has 188 valence electrons. The molecule has 0 unspecified atom stereocenters. The summed E-state index contributed by atoms with van der Waals surface area (Å²) in [6.07, 6.45) is 12.4. The molecule has 3 aromatic carbocycles. The van der Waals surface area contributed by atoms with Crippen molar-refractivity contribution in [2.75, 3.05) is 0 Å². The molecule has 0 saturated carbocycles. The standard InChI is InChI=1S/C18H28O.C14H14OS/c1-2-3-4-5-6-7-8-9-13-16-18(19)17-14-11-10-12-15-17;1-11-3-7-13(8-4-11)16(15)14-9-5-12(2)6-10-14/h10-12,14-15H,2-9,13,16H2,1H3;3-10H,1-2H3. The second-order valence-electron chi connectivity index (χ2n) is 9.26.